The Bertz CT molecular complexity index is 1490. The van der Waals surface area contributed by atoms with Crippen molar-refractivity contribution in [1.29, 1.82) is 0 Å². The summed E-state index contributed by atoms with van der Waals surface area (Å²) in [5.41, 5.74) is 0.832. The van der Waals surface area contributed by atoms with Crippen LogP contribution < -0.4 is 15.4 Å². The van der Waals surface area contributed by atoms with E-state index >= 15 is 0 Å². The second kappa shape index (κ2) is 10.7. The van der Waals surface area contributed by atoms with Crippen LogP contribution in [0.5, 0.6) is 0 Å². The summed E-state index contributed by atoms with van der Waals surface area (Å²) >= 11 is 0. The third-order valence-electron chi connectivity index (χ3n) is 5.25. The van der Waals surface area contributed by atoms with Crippen LogP contribution in [0.1, 0.15) is 11.1 Å². The number of amides is 2. The molecular weight excluding hydrogens is 505 g/mol. The fraction of sp³-hybridized carbons (Fsp3) is 0.0769. The lowest BCUT2D eigenvalue weighted by molar-refractivity contribution is -0.137. The van der Waals surface area contributed by atoms with Crippen molar-refractivity contribution in [3.63, 3.8) is 0 Å². The van der Waals surface area contributed by atoms with Gasteiger partial charge in [-0.15, -0.1) is 0 Å². The minimum absolute atomic E-state index is 0.118. The number of rotatable bonds is 7. The number of halogens is 3. The molecule has 0 bridgehead atoms. The molecule has 7 nitrogen and oxygen atoms in total. The molecule has 0 aliphatic carbocycles. The van der Waals surface area contributed by atoms with Gasteiger partial charge in [0, 0.05) is 35.9 Å². The van der Waals surface area contributed by atoms with Gasteiger partial charge >= 0.3 is 12.2 Å². The number of sulfonamides is 1. The Morgan fingerprint density at radius 2 is 1.59 bits per heavy atom. The Kier molecular flexibility index (Phi) is 7.44. The summed E-state index contributed by atoms with van der Waals surface area (Å²) in [6, 6.07) is 19.4. The van der Waals surface area contributed by atoms with Crippen molar-refractivity contribution in [3.8, 4) is 11.1 Å². The molecule has 0 fully saturated rings. The van der Waals surface area contributed by atoms with Crippen molar-refractivity contribution >= 4 is 27.4 Å². The average Bonchev–Trinajstić information content (AvgIpc) is 2.89. The molecule has 190 valence electrons. The Morgan fingerprint density at radius 1 is 0.865 bits per heavy atom. The molecule has 0 radical (unpaired) electrons. The molecule has 11 heteroatoms. The monoisotopic (exact) mass is 526 g/mol. The highest BCUT2D eigenvalue weighted by Crippen LogP contribution is 2.34. The first-order valence-corrected chi connectivity index (χ1v) is 12.4. The number of nitrogens with zero attached hydrogens (tertiary/aromatic N) is 1. The van der Waals surface area contributed by atoms with Gasteiger partial charge < -0.3 is 10.6 Å². The number of nitrogens with one attached hydrogen (secondary N) is 3. The van der Waals surface area contributed by atoms with Gasteiger partial charge in [-0.1, -0.05) is 36.4 Å². The molecule has 0 atom stereocenters. The number of carbonyl (C=O) groups is 1. The van der Waals surface area contributed by atoms with E-state index in [0.717, 1.165) is 17.7 Å². The minimum Gasteiger partial charge on any atom is -0.334 e. The van der Waals surface area contributed by atoms with Gasteiger partial charge in [0.2, 0.25) is 0 Å². The predicted molar refractivity (Wildman–Crippen MR) is 134 cm³/mol. The van der Waals surface area contributed by atoms with Crippen molar-refractivity contribution < 1.29 is 26.4 Å². The maximum Gasteiger partial charge on any atom is 0.416 e. The van der Waals surface area contributed by atoms with Gasteiger partial charge in [-0.3, -0.25) is 9.71 Å². The van der Waals surface area contributed by atoms with Gasteiger partial charge in [-0.05, 0) is 59.7 Å². The summed E-state index contributed by atoms with van der Waals surface area (Å²) in [6.07, 6.45) is -1.30. The largest absolute Gasteiger partial charge is 0.416 e. The molecule has 4 aromatic rings. The Hall–Kier alpha value is -4.38. The lowest BCUT2D eigenvalue weighted by atomic mass is 10.0. The second-order valence-corrected chi connectivity index (χ2v) is 9.58. The summed E-state index contributed by atoms with van der Waals surface area (Å²) in [5.74, 6) is 0. The summed E-state index contributed by atoms with van der Waals surface area (Å²) in [4.78, 5) is 15.9. The van der Waals surface area contributed by atoms with Gasteiger partial charge in [0.25, 0.3) is 10.0 Å². The Labute approximate surface area is 211 Å². The fourth-order valence-corrected chi connectivity index (χ4v) is 4.78. The van der Waals surface area contributed by atoms with Crippen molar-refractivity contribution in [2.24, 2.45) is 0 Å². The van der Waals surface area contributed by atoms with Gasteiger partial charge in [0.05, 0.1) is 10.5 Å². The van der Waals surface area contributed by atoms with Crippen molar-refractivity contribution in [2.75, 3.05) is 10.0 Å². The first kappa shape index (κ1) is 25.7. The van der Waals surface area contributed by atoms with Gasteiger partial charge in [0.1, 0.15) is 0 Å². The first-order valence-electron chi connectivity index (χ1n) is 11.0. The van der Waals surface area contributed by atoms with E-state index in [-0.39, 0.29) is 28.3 Å². The quantitative estimate of drug-likeness (QED) is 0.280. The van der Waals surface area contributed by atoms with Crippen molar-refractivity contribution in [2.45, 2.75) is 17.6 Å². The number of aromatic nitrogens is 1. The molecule has 37 heavy (non-hydrogen) atoms. The average molecular weight is 527 g/mol. The summed E-state index contributed by atoms with van der Waals surface area (Å²) < 4.78 is 68.2. The van der Waals surface area contributed by atoms with Crippen LogP contribution in [0.3, 0.4) is 0 Å². The maximum absolute atomic E-state index is 13.2. The molecule has 1 heterocycles. The molecule has 0 spiro atoms. The zero-order valence-electron chi connectivity index (χ0n) is 19.2. The Morgan fingerprint density at radius 3 is 2.30 bits per heavy atom. The third kappa shape index (κ3) is 6.64. The highest BCUT2D eigenvalue weighted by atomic mass is 32.2. The summed E-state index contributed by atoms with van der Waals surface area (Å²) in [5, 5.41) is 5.33. The first-order chi connectivity index (χ1) is 17.6. The van der Waals surface area contributed by atoms with Crippen molar-refractivity contribution in [3.05, 3.63) is 108 Å². The lowest BCUT2D eigenvalue weighted by Crippen LogP contribution is -2.28. The van der Waals surface area contributed by atoms with Gasteiger partial charge in [-0.2, -0.15) is 13.2 Å². The molecule has 2 amide bonds. The second-order valence-electron chi connectivity index (χ2n) is 7.93. The number of carbonyl (C=O) groups excluding carboxylic acids is 1. The van der Waals surface area contributed by atoms with E-state index in [2.05, 4.69) is 20.3 Å². The number of hydrogen-bond donors (Lipinski definition) is 3. The van der Waals surface area contributed by atoms with Crippen LogP contribution in [0.15, 0.2) is 102 Å². The third-order valence-corrected chi connectivity index (χ3v) is 6.69. The number of benzene rings is 3. The number of hydrogen-bond acceptors (Lipinski definition) is 4. The standard InChI is InChI=1S/C26H21F3N4O3S/c27-26(28,29)20-7-3-6-19(15-20)23-8-1-2-9-24(23)37(35,36)33-22-12-10-21(11-13-22)32-25(34)31-17-18-5-4-14-30-16-18/h1-16,33H,17H2,(H2,31,32,34). The van der Waals surface area contributed by atoms with Gasteiger partial charge in [0.15, 0.2) is 0 Å². The topological polar surface area (TPSA) is 100 Å². The zero-order valence-corrected chi connectivity index (χ0v) is 20.0. The smallest absolute Gasteiger partial charge is 0.334 e. The molecule has 3 aromatic carbocycles. The SMILES string of the molecule is O=C(NCc1cccnc1)Nc1ccc(NS(=O)(=O)c2ccccc2-c2cccc(C(F)(F)F)c2)cc1. The minimum atomic E-state index is -4.56. The van der Waals surface area contributed by atoms with E-state index in [0.29, 0.717) is 5.69 Å². The van der Waals surface area contributed by atoms with Gasteiger partial charge in [-0.25, -0.2) is 13.2 Å². The molecular formula is C26H21F3N4O3S. The highest BCUT2D eigenvalue weighted by molar-refractivity contribution is 7.92. The molecule has 0 aliphatic rings. The fourth-order valence-electron chi connectivity index (χ4n) is 3.49. The molecule has 4 rings (SSSR count). The predicted octanol–water partition coefficient (Wildman–Crippen LogP) is 5.89. The normalized spacial score (nSPS) is 11.5. The van der Waals surface area contributed by atoms with E-state index in [1.807, 2.05) is 6.07 Å². The number of pyridine rings is 1. The molecule has 0 aliphatic heterocycles. The summed E-state index contributed by atoms with van der Waals surface area (Å²) in [7, 11) is -4.15. The van der Waals surface area contributed by atoms with E-state index in [1.165, 1.54) is 54.6 Å². The van der Waals surface area contributed by atoms with Crippen LogP contribution in [0, 0.1) is 0 Å². The lowest BCUT2D eigenvalue weighted by Gasteiger charge is -2.14. The molecule has 1 aromatic heterocycles. The molecule has 0 saturated heterocycles. The van der Waals surface area contributed by atoms with E-state index < -0.39 is 27.8 Å². The Balaban J connectivity index is 1.47. The molecule has 0 saturated carbocycles. The number of anilines is 2. The highest BCUT2D eigenvalue weighted by Gasteiger charge is 2.31. The van der Waals surface area contributed by atoms with Crippen LogP contribution in [-0.2, 0) is 22.7 Å². The number of alkyl halides is 3. The summed E-state index contributed by atoms with van der Waals surface area (Å²) in [6.45, 7) is 0.281. The zero-order chi connectivity index (χ0) is 26.5. The van der Waals surface area contributed by atoms with E-state index in [9.17, 15) is 26.4 Å². The van der Waals surface area contributed by atoms with Crippen molar-refractivity contribution in [1.82, 2.24) is 10.3 Å². The van der Waals surface area contributed by atoms with E-state index in [1.54, 1.807) is 24.5 Å². The van der Waals surface area contributed by atoms with Crippen LogP contribution in [0.4, 0.5) is 29.3 Å². The molecule has 3 N–H and O–H groups in total. The van der Waals surface area contributed by atoms with Crippen LogP contribution in [0.2, 0.25) is 0 Å². The number of urea groups is 1. The molecule has 0 unspecified atom stereocenters. The van der Waals surface area contributed by atoms with Crippen LogP contribution >= 0.6 is 0 Å². The maximum atomic E-state index is 13.2. The van der Waals surface area contributed by atoms with Crippen LogP contribution in [0.25, 0.3) is 11.1 Å². The van der Waals surface area contributed by atoms with Crippen LogP contribution in [-0.4, -0.2) is 19.4 Å². The van der Waals surface area contributed by atoms with E-state index in [4.69, 9.17) is 0 Å².